The van der Waals surface area contributed by atoms with Crippen LogP contribution in [0.15, 0.2) is 24.3 Å². The maximum Gasteiger partial charge on any atom is 0.317 e. The number of hydrogen-bond acceptors (Lipinski definition) is 3. The van der Waals surface area contributed by atoms with Gasteiger partial charge in [-0.1, -0.05) is 37.1 Å². The van der Waals surface area contributed by atoms with Crippen molar-refractivity contribution in [2.45, 2.75) is 57.9 Å². The first-order valence-electron chi connectivity index (χ1n) is 9.32. The lowest BCUT2D eigenvalue weighted by atomic mass is 10.1. The molecule has 1 aliphatic carbocycles. The van der Waals surface area contributed by atoms with Crippen LogP contribution in [-0.2, 0) is 22.3 Å². The van der Waals surface area contributed by atoms with Gasteiger partial charge in [0.05, 0.1) is 5.75 Å². The average Bonchev–Trinajstić information content (AvgIpc) is 3.05. The highest BCUT2D eigenvalue weighted by molar-refractivity contribution is 7.88. The first-order valence-corrected chi connectivity index (χ1v) is 11.0. The number of amides is 2. The van der Waals surface area contributed by atoms with E-state index in [-0.39, 0.29) is 17.8 Å². The average molecular weight is 382 g/mol. The topological polar surface area (TPSA) is 78.5 Å². The predicted molar refractivity (Wildman–Crippen MR) is 104 cm³/mol. The van der Waals surface area contributed by atoms with E-state index in [0.717, 1.165) is 17.7 Å². The van der Waals surface area contributed by atoms with E-state index < -0.39 is 10.0 Å². The van der Waals surface area contributed by atoms with Crippen molar-refractivity contribution in [2.24, 2.45) is 5.92 Å². The first-order chi connectivity index (χ1) is 12.2. The van der Waals surface area contributed by atoms with Gasteiger partial charge in [0.1, 0.15) is 0 Å². The molecule has 26 heavy (non-hydrogen) atoms. The van der Waals surface area contributed by atoms with Crippen molar-refractivity contribution in [3.05, 3.63) is 35.4 Å². The number of rotatable bonds is 8. The lowest BCUT2D eigenvalue weighted by Gasteiger charge is -2.21. The molecule has 1 aromatic carbocycles. The van der Waals surface area contributed by atoms with E-state index in [1.165, 1.54) is 25.7 Å². The van der Waals surface area contributed by atoms with Gasteiger partial charge in [-0.2, -0.15) is 0 Å². The van der Waals surface area contributed by atoms with Gasteiger partial charge in [0.15, 0.2) is 0 Å². The molecule has 0 spiro atoms. The molecule has 6 nitrogen and oxygen atoms in total. The third-order valence-electron chi connectivity index (χ3n) is 4.59. The molecule has 1 aliphatic rings. The number of nitrogens with zero attached hydrogens (tertiary/aromatic N) is 1. The van der Waals surface area contributed by atoms with E-state index in [4.69, 9.17) is 0 Å². The van der Waals surface area contributed by atoms with Crippen molar-refractivity contribution >= 4 is 16.1 Å². The van der Waals surface area contributed by atoms with E-state index >= 15 is 0 Å². The van der Waals surface area contributed by atoms with Gasteiger partial charge < -0.3 is 10.2 Å². The molecular formula is C19H31N3O3S. The maximum atomic E-state index is 12.2. The number of hydrogen-bond donors (Lipinski definition) is 2. The third-order valence-corrected chi connectivity index (χ3v) is 6.14. The number of urea groups is 1. The largest absolute Gasteiger partial charge is 0.334 e. The number of nitrogens with one attached hydrogen (secondary N) is 2. The zero-order chi connectivity index (χ0) is 19.2. The van der Waals surface area contributed by atoms with E-state index in [1.807, 2.05) is 19.2 Å². The van der Waals surface area contributed by atoms with Crippen LogP contribution in [0.3, 0.4) is 0 Å². The molecule has 1 aromatic rings. The maximum absolute atomic E-state index is 12.2. The predicted octanol–water partition coefficient (Wildman–Crippen LogP) is 2.85. The van der Waals surface area contributed by atoms with Gasteiger partial charge in [-0.3, -0.25) is 0 Å². The van der Waals surface area contributed by atoms with Gasteiger partial charge in [0.25, 0.3) is 0 Å². The standard InChI is InChI=1S/C19H31N3O3S/c1-15(2)21-26(24,25)14-18-10-8-16(9-11-18)12-20-19(23)22(3)13-17-6-4-5-7-17/h8-11,15,17,21H,4-7,12-14H2,1-3H3,(H,20,23). The normalized spacial score (nSPS) is 15.4. The Morgan fingerprint density at radius 3 is 2.31 bits per heavy atom. The number of carbonyl (C=O) groups excluding carboxylic acids is 1. The van der Waals surface area contributed by atoms with E-state index in [1.54, 1.807) is 30.9 Å². The Bertz CT molecular complexity index is 680. The Morgan fingerprint density at radius 1 is 1.15 bits per heavy atom. The summed E-state index contributed by atoms with van der Waals surface area (Å²) in [7, 11) is -1.49. The molecule has 146 valence electrons. The highest BCUT2D eigenvalue weighted by atomic mass is 32.2. The molecule has 0 bridgehead atoms. The lowest BCUT2D eigenvalue weighted by Crippen LogP contribution is -2.39. The van der Waals surface area contributed by atoms with Crippen molar-refractivity contribution < 1.29 is 13.2 Å². The van der Waals surface area contributed by atoms with E-state index in [2.05, 4.69) is 10.0 Å². The molecule has 2 amide bonds. The van der Waals surface area contributed by atoms with Crippen LogP contribution in [-0.4, -0.2) is 39.0 Å². The Morgan fingerprint density at radius 2 is 1.73 bits per heavy atom. The second-order valence-corrected chi connectivity index (χ2v) is 9.29. The van der Waals surface area contributed by atoms with Crippen molar-refractivity contribution in [3.8, 4) is 0 Å². The summed E-state index contributed by atoms with van der Waals surface area (Å²) in [4.78, 5) is 13.9. The van der Waals surface area contributed by atoms with Crippen LogP contribution < -0.4 is 10.0 Å². The monoisotopic (exact) mass is 381 g/mol. The number of carbonyl (C=O) groups is 1. The summed E-state index contributed by atoms with van der Waals surface area (Å²) in [6.45, 7) is 4.84. The van der Waals surface area contributed by atoms with Gasteiger partial charge in [-0.25, -0.2) is 17.9 Å². The van der Waals surface area contributed by atoms with Crippen molar-refractivity contribution in [1.29, 1.82) is 0 Å². The van der Waals surface area contributed by atoms with Crippen LogP contribution in [0.2, 0.25) is 0 Å². The molecule has 2 rings (SSSR count). The molecule has 2 N–H and O–H groups in total. The van der Waals surface area contributed by atoms with Crippen LogP contribution in [0.1, 0.15) is 50.7 Å². The molecule has 0 atom stereocenters. The second kappa shape index (κ2) is 9.37. The van der Waals surface area contributed by atoms with Crippen molar-refractivity contribution in [1.82, 2.24) is 14.9 Å². The third kappa shape index (κ3) is 6.96. The number of sulfonamides is 1. The van der Waals surface area contributed by atoms with Crippen LogP contribution >= 0.6 is 0 Å². The minimum Gasteiger partial charge on any atom is -0.334 e. The fourth-order valence-electron chi connectivity index (χ4n) is 3.35. The summed E-state index contributed by atoms with van der Waals surface area (Å²) in [5.74, 6) is 0.591. The molecule has 0 unspecified atom stereocenters. The summed E-state index contributed by atoms with van der Waals surface area (Å²) < 4.78 is 26.5. The fraction of sp³-hybridized carbons (Fsp3) is 0.632. The summed E-state index contributed by atoms with van der Waals surface area (Å²) in [6, 6.07) is 7.13. The fourth-order valence-corrected chi connectivity index (χ4v) is 4.78. The summed E-state index contributed by atoms with van der Waals surface area (Å²) in [5, 5.41) is 2.92. The van der Waals surface area contributed by atoms with Gasteiger partial charge in [-0.05, 0) is 43.7 Å². The van der Waals surface area contributed by atoms with Gasteiger partial charge in [-0.15, -0.1) is 0 Å². The number of benzene rings is 1. The first kappa shape index (κ1) is 20.7. The van der Waals surface area contributed by atoms with E-state index in [0.29, 0.717) is 12.5 Å². The van der Waals surface area contributed by atoms with Crippen LogP contribution in [0.5, 0.6) is 0 Å². The quantitative estimate of drug-likeness (QED) is 0.727. The highest BCUT2D eigenvalue weighted by Gasteiger charge is 2.19. The summed E-state index contributed by atoms with van der Waals surface area (Å²) >= 11 is 0. The molecule has 7 heteroatoms. The zero-order valence-corrected chi connectivity index (χ0v) is 16.8. The van der Waals surface area contributed by atoms with Crippen LogP contribution in [0.4, 0.5) is 4.79 Å². The molecule has 0 radical (unpaired) electrons. The molecule has 0 aliphatic heterocycles. The molecule has 1 saturated carbocycles. The molecule has 0 saturated heterocycles. The Hall–Kier alpha value is -1.60. The Kier molecular flexibility index (Phi) is 7.46. The molecule has 0 aromatic heterocycles. The van der Waals surface area contributed by atoms with E-state index in [9.17, 15) is 13.2 Å². The molecule has 1 fully saturated rings. The smallest absolute Gasteiger partial charge is 0.317 e. The highest BCUT2D eigenvalue weighted by Crippen LogP contribution is 2.25. The van der Waals surface area contributed by atoms with Crippen molar-refractivity contribution in [3.63, 3.8) is 0 Å². The van der Waals surface area contributed by atoms with Gasteiger partial charge >= 0.3 is 6.03 Å². The SMILES string of the molecule is CC(C)NS(=O)(=O)Cc1ccc(CNC(=O)N(C)CC2CCCC2)cc1. The Balaban J connectivity index is 1.80. The van der Waals surface area contributed by atoms with Crippen LogP contribution in [0.25, 0.3) is 0 Å². The van der Waals surface area contributed by atoms with Crippen molar-refractivity contribution in [2.75, 3.05) is 13.6 Å². The lowest BCUT2D eigenvalue weighted by molar-refractivity contribution is 0.200. The van der Waals surface area contributed by atoms with Gasteiger partial charge in [0, 0.05) is 26.2 Å². The summed E-state index contributed by atoms with van der Waals surface area (Å²) in [5.41, 5.74) is 1.68. The van der Waals surface area contributed by atoms with Gasteiger partial charge in [0.2, 0.25) is 10.0 Å². The molecule has 0 heterocycles. The Labute approximate surface area is 157 Å². The summed E-state index contributed by atoms with van der Waals surface area (Å²) in [6.07, 6.45) is 4.98. The minimum absolute atomic E-state index is 0.0397. The zero-order valence-electron chi connectivity index (χ0n) is 16.0. The van der Waals surface area contributed by atoms with Crippen LogP contribution in [0, 0.1) is 5.92 Å². The molecular weight excluding hydrogens is 350 g/mol. The minimum atomic E-state index is -3.32. The second-order valence-electron chi connectivity index (χ2n) is 7.54.